The first-order chi connectivity index (χ1) is 14.1. The Labute approximate surface area is 180 Å². The van der Waals surface area contributed by atoms with Crippen LogP contribution >= 0.6 is 0 Å². The molecule has 0 aliphatic heterocycles. The Morgan fingerprint density at radius 3 is 1.72 bits per heavy atom. The van der Waals surface area contributed by atoms with E-state index in [4.69, 9.17) is 0 Å². The molecule has 0 fully saturated rings. The first-order valence-electron chi connectivity index (χ1n) is 12.5. The Hall–Kier alpha value is -1.12. The van der Waals surface area contributed by atoms with Crippen molar-refractivity contribution in [1.29, 1.82) is 0 Å². The van der Waals surface area contributed by atoms with E-state index in [1.807, 2.05) is 6.08 Å². The summed E-state index contributed by atoms with van der Waals surface area (Å²) in [6.45, 7) is 4.42. The zero-order valence-corrected chi connectivity index (χ0v) is 19.4. The zero-order valence-electron chi connectivity index (χ0n) is 19.4. The highest BCUT2D eigenvalue weighted by Gasteiger charge is 2.16. The molecule has 0 saturated heterocycles. The molecule has 0 aromatic rings. The molecule has 3 heteroatoms. The lowest BCUT2D eigenvalue weighted by atomic mass is 9.94. The molecule has 0 rings (SSSR count). The molecule has 0 spiro atoms. The second kappa shape index (κ2) is 21.6. The summed E-state index contributed by atoms with van der Waals surface area (Å²) in [5, 5.41) is 9.38. The van der Waals surface area contributed by atoms with Crippen molar-refractivity contribution in [3.63, 3.8) is 0 Å². The van der Waals surface area contributed by atoms with Gasteiger partial charge in [0, 0.05) is 6.42 Å². The van der Waals surface area contributed by atoms with Crippen LogP contribution in [0.4, 0.5) is 0 Å². The molecule has 0 aliphatic rings. The molecule has 1 unspecified atom stereocenters. The number of aliphatic carboxylic acids is 1. The number of carbonyl (C=O) groups excluding carboxylic acids is 1. The van der Waals surface area contributed by atoms with Crippen LogP contribution in [-0.4, -0.2) is 16.9 Å². The van der Waals surface area contributed by atoms with Crippen molar-refractivity contribution >= 4 is 11.8 Å². The van der Waals surface area contributed by atoms with Gasteiger partial charge in [-0.2, -0.15) is 0 Å². The van der Waals surface area contributed by atoms with E-state index in [-0.39, 0.29) is 11.7 Å². The highest BCUT2D eigenvalue weighted by Crippen LogP contribution is 2.19. The molecule has 0 aromatic heterocycles. The monoisotopic (exact) mass is 408 g/mol. The van der Waals surface area contributed by atoms with Gasteiger partial charge in [0.2, 0.25) is 0 Å². The number of hydrogen-bond acceptors (Lipinski definition) is 2. The summed E-state index contributed by atoms with van der Waals surface area (Å²) in [5.41, 5.74) is 0. The maximum atomic E-state index is 11.8. The quantitative estimate of drug-likeness (QED) is 0.145. The molecule has 0 bridgehead atoms. The molecule has 29 heavy (non-hydrogen) atoms. The molecule has 0 aromatic carbocycles. The SMILES string of the molecule is CCCCCCC/C=C/C(=O)CCCCCCCC(CCCCCCC)C(=O)O. The fourth-order valence-electron chi connectivity index (χ4n) is 3.77. The molecule has 0 saturated carbocycles. The highest BCUT2D eigenvalue weighted by atomic mass is 16.4. The Bertz CT molecular complexity index is 414. The van der Waals surface area contributed by atoms with Gasteiger partial charge in [-0.25, -0.2) is 0 Å². The van der Waals surface area contributed by atoms with Crippen LogP contribution in [0, 0.1) is 5.92 Å². The third-order valence-electron chi connectivity index (χ3n) is 5.76. The summed E-state index contributed by atoms with van der Waals surface area (Å²) < 4.78 is 0. The number of allylic oxidation sites excluding steroid dienone is 2. The van der Waals surface area contributed by atoms with Gasteiger partial charge in [0.25, 0.3) is 0 Å². The number of hydrogen-bond donors (Lipinski definition) is 1. The van der Waals surface area contributed by atoms with Crippen LogP contribution in [0.15, 0.2) is 12.2 Å². The largest absolute Gasteiger partial charge is 0.481 e. The predicted octanol–water partition coefficient (Wildman–Crippen LogP) is 8.26. The molecule has 1 atom stereocenters. The van der Waals surface area contributed by atoms with Crippen molar-refractivity contribution < 1.29 is 14.7 Å². The minimum absolute atomic E-state index is 0.162. The second-order valence-corrected chi connectivity index (χ2v) is 8.62. The van der Waals surface area contributed by atoms with E-state index < -0.39 is 5.97 Å². The maximum Gasteiger partial charge on any atom is 0.306 e. The fraction of sp³-hybridized carbons (Fsp3) is 0.846. The summed E-state index contributed by atoms with van der Waals surface area (Å²) in [4.78, 5) is 23.2. The van der Waals surface area contributed by atoms with Crippen molar-refractivity contribution in [1.82, 2.24) is 0 Å². The number of carboxylic acids is 1. The molecule has 170 valence electrons. The highest BCUT2D eigenvalue weighted by molar-refractivity contribution is 5.89. The van der Waals surface area contributed by atoms with Gasteiger partial charge in [-0.1, -0.05) is 103 Å². The van der Waals surface area contributed by atoms with Gasteiger partial charge >= 0.3 is 5.97 Å². The van der Waals surface area contributed by atoms with Crippen LogP contribution in [0.2, 0.25) is 0 Å². The van der Waals surface area contributed by atoms with Crippen molar-refractivity contribution in [2.24, 2.45) is 5.92 Å². The Kier molecular flexibility index (Phi) is 20.8. The van der Waals surface area contributed by atoms with Gasteiger partial charge in [-0.15, -0.1) is 0 Å². The van der Waals surface area contributed by atoms with Crippen LogP contribution in [0.1, 0.15) is 136 Å². The van der Waals surface area contributed by atoms with Crippen LogP contribution < -0.4 is 0 Å². The van der Waals surface area contributed by atoms with E-state index in [1.54, 1.807) is 6.08 Å². The zero-order chi connectivity index (χ0) is 21.6. The van der Waals surface area contributed by atoms with Crippen molar-refractivity contribution in [3.8, 4) is 0 Å². The van der Waals surface area contributed by atoms with Gasteiger partial charge < -0.3 is 5.11 Å². The first kappa shape index (κ1) is 27.9. The standard InChI is InChI=1S/C26H48O3/c1-3-5-7-9-10-14-18-22-25(27)23-19-15-11-13-17-21-24(26(28)29)20-16-12-8-6-4-2/h18,22,24H,3-17,19-21,23H2,1-2H3,(H,28,29)/b22-18+. The van der Waals surface area contributed by atoms with E-state index in [1.165, 1.54) is 57.8 Å². The van der Waals surface area contributed by atoms with E-state index in [0.29, 0.717) is 6.42 Å². The number of unbranched alkanes of at least 4 members (excludes halogenated alkanes) is 13. The van der Waals surface area contributed by atoms with Crippen LogP contribution in [0.3, 0.4) is 0 Å². The second-order valence-electron chi connectivity index (χ2n) is 8.62. The summed E-state index contributed by atoms with van der Waals surface area (Å²) in [7, 11) is 0. The lowest BCUT2D eigenvalue weighted by Gasteiger charge is -2.12. The summed E-state index contributed by atoms with van der Waals surface area (Å²) in [6.07, 6.45) is 24.7. The lowest BCUT2D eigenvalue weighted by molar-refractivity contribution is -0.142. The Morgan fingerprint density at radius 2 is 1.17 bits per heavy atom. The van der Waals surface area contributed by atoms with Crippen molar-refractivity contribution in [2.45, 2.75) is 136 Å². The average Bonchev–Trinajstić information content (AvgIpc) is 2.70. The van der Waals surface area contributed by atoms with Crippen LogP contribution in [0.25, 0.3) is 0 Å². The Morgan fingerprint density at radius 1 is 0.690 bits per heavy atom. The third-order valence-corrected chi connectivity index (χ3v) is 5.76. The summed E-state index contributed by atoms with van der Waals surface area (Å²) >= 11 is 0. The predicted molar refractivity (Wildman–Crippen MR) is 124 cm³/mol. The van der Waals surface area contributed by atoms with Gasteiger partial charge in [0.15, 0.2) is 5.78 Å². The lowest BCUT2D eigenvalue weighted by Crippen LogP contribution is -2.13. The summed E-state index contributed by atoms with van der Waals surface area (Å²) in [5.74, 6) is -0.527. The van der Waals surface area contributed by atoms with Crippen molar-refractivity contribution in [2.75, 3.05) is 0 Å². The third kappa shape index (κ3) is 19.9. The number of carboxylic acid groups (broad SMARTS) is 1. The van der Waals surface area contributed by atoms with Gasteiger partial charge in [0.05, 0.1) is 5.92 Å². The molecule has 0 radical (unpaired) electrons. The molecule has 0 heterocycles. The Balaban J connectivity index is 3.59. The van der Waals surface area contributed by atoms with E-state index in [9.17, 15) is 14.7 Å². The van der Waals surface area contributed by atoms with Gasteiger partial charge in [0.1, 0.15) is 0 Å². The number of rotatable bonds is 22. The van der Waals surface area contributed by atoms with E-state index in [2.05, 4.69) is 13.8 Å². The number of carbonyl (C=O) groups is 2. The fourth-order valence-corrected chi connectivity index (χ4v) is 3.77. The topological polar surface area (TPSA) is 54.4 Å². The smallest absolute Gasteiger partial charge is 0.306 e. The van der Waals surface area contributed by atoms with Crippen LogP contribution in [0.5, 0.6) is 0 Å². The molecular formula is C26H48O3. The molecule has 1 N–H and O–H groups in total. The normalized spacial score (nSPS) is 12.5. The first-order valence-corrected chi connectivity index (χ1v) is 12.5. The molecule has 0 amide bonds. The minimum Gasteiger partial charge on any atom is -0.481 e. The van der Waals surface area contributed by atoms with E-state index >= 15 is 0 Å². The average molecular weight is 409 g/mol. The molecular weight excluding hydrogens is 360 g/mol. The van der Waals surface area contributed by atoms with Gasteiger partial charge in [-0.05, 0) is 38.2 Å². The van der Waals surface area contributed by atoms with Gasteiger partial charge in [-0.3, -0.25) is 9.59 Å². The van der Waals surface area contributed by atoms with Crippen LogP contribution in [-0.2, 0) is 9.59 Å². The maximum absolute atomic E-state index is 11.8. The van der Waals surface area contributed by atoms with Crippen molar-refractivity contribution in [3.05, 3.63) is 12.2 Å². The molecule has 0 aliphatic carbocycles. The summed E-state index contributed by atoms with van der Waals surface area (Å²) in [6, 6.07) is 0. The minimum atomic E-state index is -0.622. The molecule has 3 nitrogen and oxygen atoms in total. The number of ketones is 1. The van der Waals surface area contributed by atoms with E-state index in [0.717, 1.165) is 57.8 Å².